The molecular weight excluding hydrogens is 300 g/mol. The van der Waals surface area contributed by atoms with Crippen molar-refractivity contribution in [3.05, 3.63) is 65.7 Å². The number of nitrogens with one attached hydrogen (secondary N) is 2. The third-order valence-corrected chi connectivity index (χ3v) is 4.39. The summed E-state index contributed by atoms with van der Waals surface area (Å²) in [5.41, 5.74) is 1.90. The molecule has 4 heteroatoms. The minimum absolute atomic E-state index is 0.00575. The van der Waals surface area contributed by atoms with Crippen LogP contribution in [-0.2, 0) is 4.79 Å². The van der Waals surface area contributed by atoms with Gasteiger partial charge in [0.2, 0.25) is 5.91 Å². The molecule has 1 atom stereocenters. The SMILES string of the molecule is O=C(CCC1CCNC1)Nc1cccc(C(=O)c2ccccc2)c1. The topological polar surface area (TPSA) is 58.2 Å². The maximum Gasteiger partial charge on any atom is 0.224 e. The fraction of sp³-hybridized carbons (Fsp3) is 0.300. The Kier molecular flexibility index (Phi) is 5.39. The standard InChI is InChI=1S/C20H22N2O2/c23-19(10-9-15-11-12-21-14-15)22-18-8-4-7-17(13-18)20(24)16-5-2-1-3-6-16/h1-8,13,15,21H,9-12,14H2,(H,22,23). The summed E-state index contributed by atoms with van der Waals surface area (Å²) in [6, 6.07) is 16.3. The molecule has 3 rings (SSSR count). The molecule has 0 aromatic heterocycles. The van der Waals surface area contributed by atoms with Crippen LogP contribution in [0.4, 0.5) is 5.69 Å². The lowest BCUT2D eigenvalue weighted by Crippen LogP contribution is -2.15. The summed E-state index contributed by atoms with van der Waals surface area (Å²) in [7, 11) is 0. The van der Waals surface area contributed by atoms with E-state index >= 15 is 0 Å². The highest BCUT2D eigenvalue weighted by Crippen LogP contribution is 2.17. The molecule has 1 heterocycles. The van der Waals surface area contributed by atoms with Crippen LogP contribution < -0.4 is 10.6 Å². The summed E-state index contributed by atoms with van der Waals surface area (Å²) in [6.45, 7) is 2.06. The summed E-state index contributed by atoms with van der Waals surface area (Å²) in [4.78, 5) is 24.6. The summed E-state index contributed by atoms with van der Waals surface area (Å²) in [5.74, 6) is 0.566. The first-order valence-electron chi connectivity index (χ1n) is 8.43. The Bertz CT molecular complexity index is 707. The van der Waals surface area contributed by atoms with E-state index in [1.165, 1.54) is 0 Å². The molecule has 1 aliphatic rings. The Balaban J connectivity index is 1.60. The average Bonchev–Trinajstić information content (AvgIpc) is 3.14. The summed E-state index contributed by atoms with van der Waals surface area (Å²) < 4.78 is 0. The van der Waals surface area contributed by atoms with Gasteiger partial charge < -0.3 is 10.6 Å². The number of amides is 1. The Morgan fingerprint density at radius 1 is 1.04 bits per heavy atom. The second kappa shape index (κ2) is 7.88. The van der Waals surface area contributed by atoms with E-state index in [1.807, 2.05) is 24.3 Å². The molecule has 0 radical (unpaired) electrons. The second-order valence-corrected chi connectivity index (χ2v) is 6.22. The van der Waals surface area contributed by atoms with Gasteiger partial charge in [-0.3, -0.25) is 9.59 Å². The quantitative estimate of drug-likeness (QED) is 0.803. The highest BCUT2D eigenvalue weighted by molar-refractivity contribution is 6.09. The van der Waals surface area contributed by atoms with E-state index < -0.39 is 0 Å². The minimum atomic E-state index is -0.0382. The zero-order chi connectivity index (χ0) is 16.8. The predicted octanol–water partition coefficient (Wildman–Crippen LogP) is 3.25. The molecule has 0 saturated carbocycles. The lowest BCUT2D eigenvalue weighted by Gasteiger charge is -2.09. The van der Waals surface area contributed by atoms with Gasteiger partial charge in [-0.05, 0) is 44.0 Å². The number of benzene rings is 2. The van der Waals surface area contributed by atoms with Gasteiger partial charge in [0, 0.05) is 23.2 Å². The molecule has 2 aromatic rings. The van der Waals surface area contributed by atoms with Crippen LogP contribution in [0.1, 0.15) is 35.2 Å². The van der Waals surface area contributed by atoms with E-state index in [4.69, 9.17) is 0 Å². The van der Waals surface area contributed by atoms with Crippen LogP contribution in [0, 0.1) is 5.92 Å². The Hall–Kier alpha value is -2.46. The van der Waals surface area contributed by atoms with Crippen molar-refractivity contribution >= 4 is 17.4 Å². The molecule has 0 bridgehead atoms. The number of ketones is 1. The highest BCUT2D eigenvalue weighted by Gasteiger charge is 2.16. The zero-order valence-corrected chi connectivity index (χ0v) is 13.6. The van der Waals surface area contributed by atoms with Gasteiger partial charge in [0.1, 0.15) is 0 Å². The van der Waals surface area contributed by atoms with Gasteiger partial charge >= 0.3 is 0 Å². The summed E-state index contributed by atoms with van der Waals surface area (Å²) >= 11 is 0. The number of carbonyl (C=O) groups excluding carboxylic acids is 2. The van der Waals surface area contributed by atoms with E-state index in [-0.39, 0.29) is 11.7 Å². The Morgan fingerprint density at radius 2 is 1.83 bits per heavy atom. The third-order valence-electron chi connectivity index (χ3n) is 4.39. The van der Waals surface area contributed by atoms with E-state index in [9.17, 15) is 9.59 Å². The maximum atomic E-state index is 12.5. The summed E-state index contributed by atoms with van der Waals surface area (Å²) in [6.07, 6.45) is 2.57. The fourth-order valence-electron chi connectivity index (χ4n) is 3.01. The molecule has 1 amide bonds. The molecular formula is C20H22N2O2. The Labute approximate surface area is 142 Å². The van der Waals surface area contributed by atoms with E-state index in [0.717, 1.165) is 25.9 Å². The molecule has 1 fully saturated rings. The molecule has 0 spiro atoms. The normalized spacial score (nSPS) is 16.8. The van der Waals surface area contributed by atoms with Gasteiger partial charge in [0.15, 0.2) is 5.78 Å². The van der Waals surface area contributed by atoms with Crippen LogP contribution in [0.2, 0.25) is 0 Å². The first-order valence-corrected chi connectivity index (χ1v) is 8.43. The van der Waals surface area contributed by atoms with Crippen molar-refractivity contribution in [3.63, 3.8) is 0 Å². The molecule has 4 nitrogen and oxygen atoms in total. The lowest BCUT2D eigenvalue weighted by atomic mass is 10.0. The lowest BCUT2D eigenvalue weighted by molar-refractivity contribution is -0.116. The largest absolute Gasteiger partial charge is 0.326 e. The monoisotopic (exact) mass is 322 g/mol. The number of anilines is 1. The van der Waals surface area contributed by atoms with Gasteiger partial charge in [-0.15, -0.1) is 0 Å². The summed E-state index contributed by atoms with van der Waals surface area (Å²) in [5, 5.41) is 6.21. The van der Waals surface area contributed by atoms with E-state index in [0.29, 0.717) is 29.2 Å². The highest BCUT2D eigenvalue weighted by atomic mass is 16.1. The van der Waals surface area contributed by atoms with Crippen molar-refractivity contribution in [1.29, 1.82) is 0 Å². The first kappa shape index (κ1) is 16.4. The molecule has 1 unspecified atom stereocenters. The molecule has 1 saturated heterocycles. The van der Waals surface area contributed by atoms with Crippen LogP contribution in [0.15, 0.2) is 54.6 Å². The smallest absolute Gasteiger partial charge is 0.224 e. The maximum absolute atomic E-state index is 12.5. The van der Waals surface area contributed by atoms with Crippen molar-refractivity contribution in [2.75, 3.05) is 18.4 Å². The van der Waals surface area contributed by atoms with E-state index in [1.54, 1.807) is 30.3 Å². The number of rotatable bonds is 6. The van der Waals surface area contributed by atoms with Crippen molar-refractivity contribution in [1.82, 2.24) is 5.32 Å². The van der Waals surface area contributed by atoms with Gasteiger partial charge in [-0.25, -0.2) is 0 Å². The Morgan fingerprint density at radius 3 is 2.58 bits per heavy atom. The molecule has 0 aliphatic carbocycles. The molecule has 24 heavy (non-hydrogen) atoms. The molecule has 2 aromatic carbocycles. The number of hydrogen-bond acceptors (Lipinski definition) is 3. The van der Waals surface area contributed by atoms with Crippen molar-refractivity contribution in [2.45, 2.75) is 19.3 Å². The molecule has 2 N–H and O–H groups in total. The average molecular weight is 322 g/mol. The number of carbonyl (C=O) groups is 2. The van der Waals surface area contributed by atoms with Crippen molar-refractivity contribution in [2.24, 2.45) is 5.92 Å². The van der Waals surface area contributed by atoms with Crippen LogP contribution in [0.25, 0.3) is 0 Å². The minimum Gasteiger partial charge on any atom is -0.326 e. The van der Waals surface area contributed by atoms with Gasteiger partial charge in [0.05, 0.1) is 0 Å². The van der Waals surface area contributed by atoms with Gasteiger partial charge in [-0.2, -0.15) is 0 Å². The predicted molar refractivity (Wildman–Crippen MR) is 95.2 cm³/mol. The fourth-order valence-corrected chi connectivity index (χ4v) is 3.01. The second-order valence-electron chi connectivity index (χ2n) is 6.22. The van der Waals surface area contributed by atoms with Crippen LogP contribution in [0.3, 0.4) is 0 Å². The van der Waals surface area contributed by atoms with E-state index in [2.05, 4.69) is 10.6 Å². The molecule has 124 valence electrons. The third kappa shape index (κ3) is 4.30. The number of hydrogen-bond donors (Lipinski definition) is 2. The molecule has 1 aliphatic heterocycles. The zero-order valence-electron chi connectivity index (χ0n) is 13.6. The first-order chi connectivity index (χ1) is 11.7. The van der Waals surface area contributed by atoms with Crippen LogP contribution in [0.5, 0.6) is 0 Å². The van der Waals surface area contributed by atoms with Gasteiger partial charge in [-0.1, -0.05) is 42.5 Å². The van der Waals surface area contributed by atoms with Crippen LogP contribution in [-0.4, -0.2) is 24.8 Å². The van der Waals surface area contributed by atoms with Crippen LogP contribution >= 0.6 is 0 Å². The van der Waals surface area contributed by atoms with Crippen molar-refractivity contribution in [3.8, 4) is 0 Å². The van der Waals surface area contributed by atoms with Crippen molar-refractivity contribution < 1.29 is 9.59 Å². The van der Waals surface area contributed by atoms with Gasteiger partial charge in [0.25, 0.3) is 0 Å².